The number of carbonyl (C=O) groups excluding carboxylic acids is 1. The molecule has 0 spiro atoms. The number of benzene rings is 1. The van der Waals surface area contributed by atoms with E-state index < -0.39 is 0 Å². The number of nitrogens with zero attached hydrogens (tertiary/aromatic N) is 1. The molecule has 0 bridgehead atoms. The number of hydrogen-bond acceptors (Lipinski definition) is 2. The highest BCUT2D eigenvalue weighted by atomic mass is 35.5. The van der Waals surface area contributed by atoms with Gasteiger partial charge in [-0.1, -0.05) is 44.2 Å². The van der Waals surface area contributed by atoms with Crippen LogP contribution in [0.2, 0.25) is 0 Å². The van der Waals surface area contributed by atoms with E-state index in [1.165, 1.54) is 5.56 Å². The molecule has 0 aliphatic carbocycles. The van der Waals surface area contributed by atoms with Crippen molar-refractivity contribution in [2.45, 2.75) is 51.6 Å². The van der Waals surface area contributed by atoms with Gasteiger partial charge in [-0.15, -0.1) is 12.4 Å². The number of amides is 1. The molecule has 2 unspecified atom stereocenters. The van der Waals surface area contributed by atoms with E-state index in [1.54, 1.807) is 0 Å². The maximum atomic E-state index is 12.5. The molecule has 1 aliphatic heterocycles. The van der Waals surface area contributed by atoms with Gasteiger partial charge in [0.05, 0.1) is 6.04 Å². The largest absolute Gasteiger partial charge is 0.338 e. The van der Waals surface area contributed by atoms with Gasteiger partial charge in [0.1, 0.15) is 0 Å². The summed E-state index contributed by atoms with van der Waals surface area (Å²) in [4.78, 5) is 14.4. The van der Waals surface area contributed by atoms with Gasteiger partial charge in [-0.25, -0.2) is 0 Å². The van der Waals surface area contributed by atoms with Gasteiger partial charge in [0.25, 0.3) is 0 Å². The lowest BCUT2D eigenvalue weighted by molar-refractivity contribution is -0.133. The fourth-order valence-electron chi connectivity index (χ4n) is 3.22. The second kappa shape index (κ2) is 7.81. The second-order valence-electron chi connectivity index (χ2n) is 6.31. The third-order valence-corrected chi connectivity index (χ3v) is 4.31. The Bertz CT molecular complexity index is 449. The Labute approximate surface area is 134 Å². The lowest BCUT2D eigenvalue weighted by atomic mass is 9.92. The molecule has 1 amide bonds. The number of nitrogens with two attached hydrogens (primary N) is 1. The molecule has 0 radical (unpaired) electrons. The summed E-state index contributed by atoms with van der Waals surface area (Å²) in [6.07, 6.45) is 1.80. The minimum Gasteiger partial charge on any atom is -0.338 e. The molecule has 3 nitrogen and oxygen atoms in total. The molecule has 1 heterocycles. The number of carbonyl (C=O) groups is 1. The molecule has 2 rings (SSSR count). The molecule has 1 fully saturated rings. The summed E-state index contributed by atoms with van der Waals surface area (Å²) in [5.41, 5.74) is 7.38. The highest BCUT2D eigenvalue weighted by Gasteiger charge is 2.36. The van der Waals surface area contributed by atoms with Crippen molar-refractivity contribution in [3.05, 3.63) is 35.9 Å². The smallest absolute Gasteiger partial charge is 0.239 e. The maximum Gasteiger partial charge on any atom is 0.239 e. The SMILES string of the molecule is CC(C)C[C@H](N)C(=O)N1CCC(c2ccccc2)C1C.Cl. The molecular formula is C17H27ClN2O. The van der Waals surface area contributed by atoms with Gasteiger partial charge in [-0.05, 0) is 31.2 Å². The van der Waals surface area contributed by atoms with Crippen LogP contribution in [0.3, 0.4) is 0 Å². The van der Waals surface area contributed by atoms with Gasteiger partial charge >= 0.3 is 0 Å². The first-order valence-electron chi connectivity index (χ1n) is 7.61. The van der Waals surface area contributed by atoms with Gasteiger partial charge in [0.2, 0.25) is 5.91 Å². The predicted octanol–water partition coefficient (Wildman–Crippen LogP) is 3.19. The fourth-order valence-corrected chi connectivity index (χ4v) is 3.22. The average molecular weight is 311 g/mol. The molecule has 0 aromatic heterocycles. The number of halogens is 1. The fraction of sp³-hybridized carbons (Fsp3) is 0.588. The predicted molar refractivity (Wildman–Crippen MR) is 89.7 cm³/mol. The Morgan fingerprint density at radius 2 is 1.95 bits per heavy atom. The van der Waals surface area contributed by atoms with Gasteiger partial charge in [0, 0.05) is 18.5 Å². The first kappa shape index (κ1) is 18.0. The summed E-state index contributed by atoms with van der Waals surface area (Å²) in [6, 6.07) is 10.4. The van der Waals surface area contributed by atoms with Gasteiger partial charge in [0.15, 0.2) is 0 Å². The number of likely N-dealkylation sites (tertiary alicyclic amines) is 1. The summed E-state index contributed by atoms with van der Waals surface area (Å²) in [5, 5.41) is 0. The summed E-state index contributed by atoms with van der Waals surface area (Å²) in [5.74, 6) is 1.01. The van der Waals surface area contributed by atoms with Crippen LogP contribution in [-0.2, 0) is 4.79 Å². The minimum atomic E-state index is -0.355. The highest BCUT2D eigenvalue weighted by molar-refractivity contribution is 5.85. The molecule has 3 atom stereocenters. The normalized spacial score (nSPS) is 23.0. The summed E-state index contributed by atoms with van der Waals surface area (Å²) in [7, 11) is 0. The third-order valence-electron chi connectivity index (χ3n) is 4.31. The molecule has 1 aromatic rings. The van der Waals surface area contributed by atoms with Gasteiger partial charge in [-0.2, -0.15) is 0 Å². The minimum absolute atomic E-state index is 0. The van der Waals surface area contributed by atoms with Crippen molar-refractivity contribution in [1.82, 2.24) is 4.90 Å². The molecule has 4 heteroatoms. The van der Waals surface area contributed by atoms with E-state index in [0.29, 0.717) is 11.8 Å². The Hall–Kier alpha value is -1.06. The highest BCUT2D eigenvalue weighted by Crippen LogP contribution is 2.33. The summed E-state index contributed by atoms with van der Waals surface area (Å²) < 4.78 is 0. The van der Waals surface area contributed by atoms with Crippen LogP contribution >= 0.6 is 12.4 Å². The van der Waals surface area contributed by atoms with E-state index in [2.05, 4.69) is 45.0 Å². The van der Waals surface area contributed by atoms with Gasteiger partial charge < -0.3 is 10.6 Å². The van der Waals surface area contributed by atoms with Crippen molar-refractivity contribution < 1.29 is 4.79 Å². The molecule has 0 saturated carbocycles. The zero-order valence-electron chi connectivity index (χ0n) is 13.2. The Morgan fingerprint density at radius 1 is 1.33 bits per heavy atom. The van der Waals surface area contributed by atoms with Gasteiger partial charge in [-0.3, -0.25) is 4.79 Å². The van der Waals surface area contributed by atoms with Crippen molar-refractivity contribution in [1.29, 1.82) is 0 Å². The van der Waals surface area contributed by atoms with Crippen LogP contribution in [-0.4, -0.2) is 29.4 Å². The average Bonchev–Trinajstić information content (AvgIpc) is 2.80. The molecule has 1 aliphatic rings. The molecule has 21 heavy (non-hydrogen) atoms. The molecule has 118 valence electrons. The third kappa shape index (κ3) is 4.21. The van der Waals surface area contributed by atoms with E-state index in [9.17, 15) is 4.79 Å². The van der Waals surface area contributed by atoms with Crippen molar-refractivity contribution in [2.75, 3.05) is 6.54 Å². The van der Waals surface area contributed by atoms with E-state index in [4.69, 9.17) is 5.73 Å². The molecule has 1 aromatic carbocycles. The van der Waals surface area contributed by atoms with Crippen molar-refractivity contribution >= 4 is 18.3 Å². The zero-order chi connectivity index (χ0) is 14.7. The van der Waals surface area contributed by atoms with E-state index in [-0.39, 0.29) is 30.4 Å². The summed E-state index contributed by atoms with van der Waals surface area (Å²) >= 11 is 0. The number of rotatable bonds is 4. The Balaban J connectivity index is 0.00000220. The van der Waals surface area contributed by atoms with Crippen molar-refractivity contribution in [2.24, 2.45) is 11.7 Å². The maximum absolute atomic E-state index is 12.5. The van der Waals surface area contributed by atoms with E-state index in [1.807, 2.05) is 11.0 Å². The van der Waals surface area contributed by atoms with Crippen molar-refractivity contribution in [3.63, 3.8) is 0 Å². The van der Waals surface area contributed by atoms with E-state index >= 15 is 0 Å². The van der Waals surface area contributed by atoms with Crippen LogP contribution in [0.15, 0.2) is 30.3 Å². The lowest BCUT2D eigenvalue weighted by Gasteiger charge is -2.28. The van der Waals surface area contributed by atoms with Crippen LogP contribution in [0.1, 0.15) is 45.1 Å². The molecule has 1 saturated heterocycles. The lowest BCUT2D eigenvalue weighted by Crippen LogP contribution is -2.46. The molecule has 2 N–H and O–H groups in total. The first-order valence-corrected chi connectivity index (χ1v) is 7.61. The van der Waals surface area contributed by atoms with Crippen LogP contribution < -0.4 is 5.73 Å². The number of hydrogen-bond donors (Lipinski definition) is 1. The zero-order valence-corrected chi connectivity index (χ0v) is 14.0. The van der Waals surface area contributed by atoms with Crippen LogP contribution in [0.5, 0.6) is 0 Å². The summed E-state index contributed by atoms with van der Waals surface area (Å²) in [6.45, 7) is 7.18. The Morgan fingerprint density at radius 3 is 2.52 bits per heavy atom. The van der Waals surface area contributed by atoms with Crippen LogP contribution in [0, 0.1) is 5.92 Å². The quantitative estimate of drug-likeness (QED) is 0.928. The van der Waals surface area contributed by atoms with Crippen LogP contribution in [0.25, 0.3) is 0 Å². The topological polar surface area (TPSA) is 46.3 Å². The first-order chi connectivity index (χ1) is 9.50. The molecular weight excluding hydrogens is 284 g/mol. The van der Waals surface area contributed by atoms with E-state index in [0.717, 1.165) is 19.4 Å². The van der Waals surface area contributed by atoms with Crippen LogP contribution in [0.4, 0.5) is 0 Å². The monoisotopic (exact) mass is 310 g/mol. The van der Waals surface area contributed by atoms with Crippen molar-refractivity contribution in [3.8, 4) is 0 Å². The Kier molecular flexibility index (Phi) is 6.69. The standard InChI is InChI=1S/C17H26N2O.ClH/c1-12(2)11-16(18)17(20)19-10-9-15(13(19)3)14-7-5-4-6-8-14;/h4-8,12-13,15-16H,9-11,18H2,1-3H3;1H/t13?,15?,16-;/m0./s1. The second-order valence-corrected chi connectivity index (χ2v) is 6.31.